The number of para-hydroxylation sites is 2. The minimum atomic E-state index is -0.463. The maximum Gasteiger partial charge on any atom is 0.342 e. The molecular formula is C73H57BN2O4. The van der Waals surface area contributed by atoms with Crippen molar-refractivity contribution in [1.29, 1.82) is 0 Å². The third kappa shape index (κ3) is 6.73. The lowest BCUT2D eigenvalue weighted by atomic mass is 9.37. The minimum Gasteiger partial charge on any atom is -0.468 e. The molecule has 0 N–H and O–H groups in total. The summed E-state index contributed by atoms with van der Waals surface area (Å²) >= 11 is 0. The monoisotopic (exact) mass is 1040 g/mol. The van der Waals surface area contributed by atoms with Crippen LogP contribution in [0.15, 0.2) is 218 Å². The fourth-order valence-corrected chi connectivity index (χ4v) is 13.3. The number of rotatable bonds is 4. The van der Waals surface area contributed by atoms with E-state index in [1.807, 2.05) is 36.8 Å². The van der Waals surface area contributed by atoms with Crippen LogP contribution < -0.4 is 26.6 Å². The predicted octanol–water partition coefficient (Wildman–Crippen LogP) is 18.7. The molecule has 0 aliphatic carbocycles. The molecule has 7 heterocycles. The first-order valence-corrected chi connectivity index (χ1v) is 28.0. The van der Waals surface area contributed by atoms with Crippen LogP contribution in [-0.2, 0) is 16.2 Å². The maximum atomic E-state index is 7.54. The van der Waals surface area contributed by atoms with E-state index in [-0.39, 0.29) is 10.8 Å². The van der Waals surface area contributed by atoms with E-state index >= 15 is 0 Å². The molecule has 0 radical (unpaired) electrons. The normalized spacial score (nSPS) is 14.3. The fourth-order valence-electron chi connectivity index (χ4n) is 13.3. The highest BCUT2D eigenvalue weighted by Crippen LogP contribution is 2.55. The summed E-state index contributed by atoms with van der Waals surface area (Å²) in [5.74, 6) is 0. The van der Waals surface area contributed by atoms with Gasteiger partial charge >= 0.3 is 6.71 Å². The van der Waals surface area contributed by atoms with Crippen molar-refractivity contribution >= 4 is 101 Å². The van der Waals surface area contributed by atoms with Gasteiger partial charge in [0.15, 0.2) is 0 Å². The second-order valence-corrected chi connectivity index (χ2v) is 24.9. The second kappa shape index (κ2) is 16.4. The van der Waals surface area contributed by atoms with Gasteiger partial charge in [0.1, 0.15) is 33.7 Å². The Morgan fingerprint density at radius 3 is 1.38 bits per heavy atom. The predicted molar refractivity (Wildman–Crippen MR) is 331 cm³/mol. The molecule has 80 heavy (non-hydrogen) atoms. The SMILES string of the molecule is CC(C)(C)c1ccc2oc3c(c2c1)N(c1ccc(-c2coc4ccccc24)cc1-c1ccccc1)c1cc2cc4c1B3c1oc3ccc(C(C)(C)C)cc3c1N4c1ccc(-c3coc4ccccc34)cc1-c1cccc(c1)C2(C)C. The van der Waals surface area contributed by atoms with Gasteiger partial charge in [-0.2, -0.15) is 0 Å². The van der Waals surface area contributed by atoms with Crippen molar-refractivity contribution in [2.24, 2.45) is 0 Å². The van der Waals surface area contributed by atoms with Gasteiger partial charge in [0.25, 0.3) is 0 Å². The number of hydrogen-bond donors (Lipinski definition) is 0. The van der Waals surface area contributed by atoms with Crippen LogP contribution in [0.4, 0.5) is 34.1 Å². The summed E-state index contributed by atoms with van der Waals surface area (Å²) in [5.41, 5.74) is 25.4. The minimum absolute atomic E-state index is 0.125. The third-order valence-corrected chi connectivity index (χ3v) is 17.7. The first-order chi connectivity index (χ1) is 38.7. The van der Waals surface area contributed by atoms with Gasteiger partial charge in [-0.1, -0.05) is 171 Å². The Labute approximate surface area is 465 Å². The van der Waals surface area contributed by atoms with Crippen molar-refractivity contribution in [3.8, 4) is 44.5 Å². The van der Waals surface area contributed by atoms with Crippen LogP contribution in [0.25, 0.3) is 88.4 Å². The lowest BCUT2D eigenvalue weighted by molar-refractivity contribution is 0.590. The maximum absolute atomic E-state index is 7.54. The summed E-state index contributed by atoms with van der Waals surface area (Å²) in [5, 5.41) is 4.28. The number of furan rings is 4. The molecule has 13 aromatic rings. The fraction of sp³-hybridized carbons (Fsp3) is 0.151. The standard InChI is InChI=1S/C73H57BN2O4/c1-71(2,3)46-27-31-64-54(36-46)67-69(79-64)74-66-60(75(67)58-29-25-44(34-52(58)42-17-10-9-11-18-42)56-40-77-62-23-14-12-21-50(56)62)38-49-39-61(66)76(68-55-37-47(72(4,5)6)28-32-65(55)80-70(68)74)59-30-26-45(57-41-78-63-24-15-13-22-51(57)63)35-53(59)43-19-16-20-48(33-43)73(49,7)8/h9-41H,1-8H3. The Morgan fingerprint density at radius 1 is 0.375 bits per heavy atom. The van der Waals surface area contributed by atoms with Crippen molar-refractivity contribution in [2.75, 3.05) is 9.80 Å². The van der Waals surface area contributed by atoms with E-state index in [1.54, 1.807) is 0 Å². The van der Waals surface area contributed by atoms with E-state index in [4.69, 9.17) is 17.7 Å². The first-order valence-electron chi connectivity index (χ1n) is 28.0. The van der Waals surface area contributed by atoms with Gasteiger partial charge in [-0.3, -0.25) is 0 Å². The smallest absolute Gasteiger partial charge is 0.342 e. The Bertz CT molecular complexity index is 4740. The van der Waals surface area contributed by atoms with Crippen LogP contribution in [0.2, 0.25) is 0 Å². The Morgan fingerprint density at radius 2 is 0.850 bits per heavy atom. The molecule has 4 aromatic heterocycles. The zero-order valence-corrected chi connectivity index (χ0v) is 46.2. The van der Waals surface area contributed by atoms with Crippen molar-refractivity contribution in [1.82, 2.24) is 0 Å². The molecule has 0 atom stereocenters. The Hall–Kier alpha value is -9.20. The lowest BCUT2D eigenvalue weighted by Crippen LogP contribution is -2.60. The summed E-state index contributed by atoms with van der Waals surface area (Å²) in [4.78, 5) is 5.09. The highest BCUT2D eigenvalue weighted by Gasteiger charge is 2.51. The molecule has 9 aromatic carbocycles. The van der Waals surface area contributed by atoms with E-state index < -0.39 is 12.1 Å². The molecule has 0 unspecified atom stereocenters. The zero-order valence-electron chi connectivity index (χ0n) is 46.2. The number of anilines is 6. The van der Waals surface area contributed by atoms with Crippen molar-refractivity contribution in [3.05, 3.63) is 223 Å². The van der Waals surface area contributed by atoms with Crippen molar-refractivity contribution in [3.63, 3.8) is 0 Å². The van der Waals surface area contributed by atoms with Crippen LogP contribution in [0.3, 0.4) is 0 Å². The van der Waals surface area contributed by atoms with Crippen LogP contribution >= 0.6 is 0 Å². The van der Waals surface area contributed by atoms with E-state index in [1.165, 1.54) is 22.3 Å². The Kier molecular flexibility index (Phi) is 9.63. The average Bonchev–Trinajstić information content (AvgIpc) is 3.68. The number of benzene rings is 9. The van der Waals surface area contributed by atoms with Gasteiger partial charge in [-0.05, 0) is 134 Å². The molecule has 0 saturated heterocycles. The molecule has 0 fully saturated rings. The van der Waals surface area contributed by atoms with Gasteiger partial charge < -0.3 is 27.5 Å². The topological polar surface area (TPSA) is 59.0 Å². The van der Waals surface area contributed by atoms with Gasteiger partial charge in [-0.15, -0.1) is 0 Å². The second-order valence-electron chi connectivity index (χ2n) is 24.9. The molecule has 6 nitrogen and oxygen atoms in total. The molecule has 3 aliphatic heterocycles. The van der Waals surface area contributed by atoms with Crippen LogP contribution in [0, 0.1) is 0 Å². The summed E-state index contributed by atoms with van der Waals surface area (Å²) < 4.78 is 27.5. The number of fused-ring (bicyclic) bond motifs is 17. The van der Waals surface area contributed by atoms with Gasteiger partial charge in [0.2, 0.25) is 0 Å². The van der Waals surface area contributed by atoms with Crippen molar-refractivity contribution in [2.45, 2.75) is 71.6 Å². The van der Waals surface area contributed by atoms with Gasteiger partial charge in [-0.25, -0.2) is 0 Å². The molecule has 3 aliphatic rings. The molecule has 4 bridgehead atoms. The molecule has 0 spiro atoms. The number of hydrogen-bond acceptors (Lipinski definition) is 6. The van der Waals surface area contributed by atoms with Gasteiger partial charge in [0.05, 0.1) is 35.3 Å². The summed E-state index contributed by atoms with van der Waals surface area (Å²) in [6.45, 7) is 18.1. The Balaban J connectivity index is 1.06. The van der Waals surface area contributed by atoms with E-state index in [0.717, 1.165) is 139 Å². The third-order valence-electron chi connectivity index (χ3n) is 17.7. The molecule has 386 valence electrons. The van der Waals surface area contributed by atoms with Crippen LogP contribution in [0.5, 0.6) is 0 Å². The molecular weight excluding hydrogens is 980 g/mol. The molecule has 0 saturated carbocycles. The highest BCUT2D eigenvalue weighted by atomic mass is 16.4. The van der Waals surface area contributed by atoms with E-state index in [0.29, 0.717) is 0 Å². The summed E-state index contributed by atoms with van der Waals surface area (Å²) in [6, 6.07) is 69.2. The summed E-state index contributed by atoms with van der Waals surface area (Å²) in [7, 11) is 0. The number of nitrogens with zero attached hydrogens (tertiary/aromatic N) is 2. The van der Waals surface area contributed by atoms with Crippen LogP contribution in [-0.4, -0.2) is 6.71 Å². The first kappa shape index (κ1) is 46.9. The lowest BCUT2D eigenvalue weighted by Gasteiger charge is -2.43. The average molecular weight is 1040 g/mol. The van der Waals surface area contributed by atoms with E-state index in [9.17, 15) is 0 Å². The largest absolute Gasteiger partial charge is 0.468 e. The quantitative estimate of drug-likeness (QED) is 0.164. The van der Waals surface area contributed by atoms with Gasteiger partial charge in [0, 0.05) is 60.6 Å². The summed E-state index contributed by atoms with van der Waals surface area (Å²) in [6.07, 6.45) is 3.81. The van der Waals surface area contributed by atoms with Crippen LogP contribution in [0.1, 0.15) is 77.6 Å². The molecule has 7 heteroatoms. The molecule has 16 rings (SSSR count). The highest BCUT2D eigenvalue weighted by molar-refractivity contribution is 6.99. The zero-order chi connectivity index (χ0) is 54.1. The van der Waals surface area contributed by atoms with Crippen molar-refractivity contribution < 1.29 is 17.7 Å². The van der Waals surface area contributed by atoms with E-state index in [2.05, 4.69) is 229 Å². The molecule has 0 amide bonds.